The van der Waals surface area contributed by atoms with Gasteiger partial charge in [-0.3, -0.25) is 0 Å². The molecule has 15 heteroatoms. The second-order valence-electron chi connectivity index (χ2n) is 9.10. The number of halogens is 6. The van der Waals surface area contributed by atoms with Gasteiger partial charge in [0.25, 0.3) is 0 Å². The van der Waals surface area contributed by atoms with Crippen LogP contribution in [-0.2, 0) is 12.4 Å². The van der Waals surface area contributed by atoms with Gasteiger partial charge in [0.15, 0.2) is 22.8 Å². The van der Waals surface area contributed by atoms with Gasteiger partial charge in [0.1, 0.15) is 24.3 Å². The van der Waals surface area contributed by atoms with Crippen LogP contribution in [0.4, 0.5) is 26.3 Å². The Morgan fingerprint density at radius 1 is 0.488 bits per heavy atom. The second kappa shape index (κ2) is 9.10. The number of hydrogen-bond donors (Lipinski definition) is 0. The zero-order valence-corrected chi connectivity index (χ0v) is 20.8. The standard InChI is InChI=1S/C28H7F6N9/c29-27(30,31)12-1-13(28(32,33)34)3-14(2-12)43-25-6-19-17(39-21(8-35)23(10-37)41-19)4-15(25)16-5-18-20(7-26(16)43)42-24(11-38)22(9-36)40-18/h1-7H. The molecule has 0 bridgehead atoms. The molecule has 0 saturated heterocycles. The Kier molecular flexibility index (Phi) is 5.69. The summed E-state index contributed by atoms with van der Waals surface area (Å²) in [4.78, 5) is 16.5. The Balaban J connectivity index is 1.83. The summed E-state index contributed by atoms with van der Waals surface area (Å²) in [7, 11) is 0. The fraction of sp³-hybridized carbons (Fsp3) is 0.0714. The lowest BCUT2D eigenvalue weighted by atomic mass is 10.1. The van der Waals surface area contributed by atoms with Crippen molar-refractivity contribution in [3.8, 4) is 30.0 Å². The van der Waals surface area contributed by atoms with Crippen molar-refractivity contribution >= 4 is 43.9 Å². The van der Waals surface area contributed by atoms with Crippen LogP contribution in [0.5, 0.6) is 0 Å². The van der Waals surface area contributed by atoms with Gasteiger partial charge in [0.2, 0.25) is 0 Å². The van der Waals surface area contributed by atoms with Crippen LogP contribution >= 0.6 is 0 Å². The van der Waals surface area contributed by atoms with E-state index < -0.39 is 29.2 Å². The topological polar surface area (TPSA) is 152 Å². The molecule has 3 aromatic carbocycles. The van der Waals surface area contributed by atoms with Crippen LogP contribution in [0.25, 0.3) is 49.6 Å². The summed E-state index contributed by atoms with van der Waals surface area (Å²) in [5, 5.41) is 38.1. The molecule has 3 aromatic heterocycles. The Bertz CT molecular complexity index is 2220. The van der Waals surface area contributed by atoms with E-state index in [2.05, 4.69) is 19.9 Å². The number of alkyl halides is 6. The molecule has 0 aliphatic heterocycles. The molecule has 0 fully saturated rings. The van der Waals surface area contributed by atoms with E-state index >= 15 is 0 Å². The minimum atomic E-state index is -5.13. The van der Waals surface area contributed by atoms with Crippen LogP contribution < -0.4 is 0 Å². The van der Waals surface area contributed by atoms with Crippen LogP contribution in [0, 0.1) is 45.3 Å². The summed E-state index contributed by atoms with van der Waals surface area (Å²) in [6, 6.07) is 13.6. The first-order valence-corrected chi connectivity index (χ1v) is 11.8. The molecule has 0 N–H and O–H groups in total. The SMILES string of the molecule is N#Cc1nc2cc3c4cc5nc(C#N)c(C#N)nc5cc4n(-c4cc(C(F)(F)F)cc(C(F)(F)F)c4)c3cc2nc1C#N. The van der Waals surface area contributed by atoms with Crippen molar-refractivity contribution in [1.82, 2.24) is 24.5 Å². The van der Waals surface area contributed by atoms with Gasteiger partial charge in [0.05, 0.1) is 44.2 Å². The highest BCUT2D eigenvalue weighted by atomic mass is 19.4. The molecule has 6 aromatic rings. The first-order chi connectivity index (χ1) is 20.4. The number of aromatic nitrogens is 5. The van der Waals surface area contributed by atoms with E-state index in [-0.39, 0.29) is 72.7 Å². The van der Waals surface area contributed by atoms with Crippen LogP contribution in [0.1, 0.15) is 33.9 Å². The Morgan fingerprint density at radius 2 is 0.814 bits per heavy atom. The summed E-state index contributed by atoms with van der Waals surface area (Å²) in [6.45, 7) is 0. The lowest BCUT2D eigenvalue weighted by Gasteiger charge is -2.16. The van der Waals surface area contributed by atoms with Crippen LogP contribution in [-0.4, -0.2) is 24.5 Å². The maximum Gasteiger partial charge on any atom is 0.416 e. The number of hydrogen-bond acceptors (Lipinski definition) is 8. The normalized spacial score (nSPS) is 11.9. The van der Waals surface area contributed by atoms with Crippen LogP contribution in [0.2, 0.25) is 0 Å². The quantitative estimate of drug-likeness (QED) is 0.208. The number of fused-ring (bicyclic) bond motifs is 5. The molecular weight excluding hydrogens is 576 g/mol. The average molecular weight is 583 g/mol. The van der Waals surface area contributed by atoms with E-state index in [1.165, 1.54) is 24.3 Å². The van der Waals surface area contributed by atoms with E-state index in [4.69, 9.17) is 0 Å². The zero-order chi connectivity index (χ0) is 30.8. The van der Waals surface area contributed by atoms with Crippen molar-refractivity contribution in [2.45, 2.75) is 12.4 Å². The molecule has 206 valence electrons. The highest BCUT2D eigenvalue weighted by Gasteiger charge is 2.37. The number of nitriles is 4. The number of benzene rings is 3. The number of rotatable bonds is 1. The van der Waals surface area contributed by atoms with E-state index in [0.717, 1.165) is 4.57 Å². The highest BCUT2D eigenvalue weighted by Crippen LogP contribution is 2.41. The molecule has 9 nitrogen and oxygen atoms in total. The summed E-state index contributed by atoms with van der Waals surface area (Å²) >= 11 is 0. The average Bonchev–Trinajstić information content (AvgIpc) is 3.27. The van der Waals surface area contributed by atoms with Gasteiger partial charge in [0, 0.05) is 16.5 Å². The van der Waals surface area contributed by atoms with Crippen molar-refractivity contribution in [2.75, 3.05) is 0 Å². The third kappa shape index (κ3) is 4.24. The third-order valence-electron chi connectivity index (χ3n) is 6.59. The third-order valence-corrected chi connectivity index (χ3v) is 6.59. The van der Waals surface area contributed by atoms with Gasteiger partial charge in [-0.1, -0.05) is 0 Å². The Hall–Kier alpha value is -6.32. The molecule has 0 saturated carbocycles. The lowest BCUT2D eigenvalue weighted by Crippen LogP contribution is -2.12. The fourth-order valence-corrected chi connectivity index (χ4v) is 4.77. The van der Waals surface area contributed by atoms with Gasteiger partial charge >= 0.3 is 12.4 Å². The van der Waals surface area contributed by atoms with Gasteiger partial charge in [-0.2, -0.15) is 47.4 Å². The van der Waals surface area contributed by atoms with Crippen molar-refractivity contribution in [3.63, 3.8) is 0 Å². The molecular formula is C28H7F6N9. The van der Waals surface area contributed by atoms with Gasteiger partial charge in [-0.15, -0.1) is 0 Å². The number of nitrogens with zero attached hydrogens (tertiary/aromatic N) is 9. The molecule has 0 radical (unpaired) electrons. The molecule has 0 unspecified atom stereocenters. The van der Waals surface area contributed by atoms with Gasteiger partial charge < -0.3 is 4.57 Å². The minimum absolute atomic E-state index is 0.00432. The fourth-order valence-electron chi connectivity index (χ4n) is 4.77. The van der Waals surface area contributed by atoms with Crippen LogP contribution in [0.3, 0.4) is 0 Å². The molecule has 43 heavy (non-hydrogen) atoms. The van der Waals surface area contributed by atoms with Gasteiger partial charge in [-0.25, -0.2) is 19.9 Å². The molecule has 0 aliphatic rings. The minimum Gasteiger partial charge on any atom is -0.309 e. The highest BCUT2D eigenvalue weighted by molar-refractivity contribution is 6.15. The van der Waals surface area contributed by atoms with Crippen molar-refractivity contribution in [1.29, 1.82) is 21.0 Å². The Labute approximate surface area is 234 Å². The van der Waals surface area contributed by atoms with Gasteiger partial charge in [-0.05, 0) is 42.5 Å². The summed E-state index contributed by atoms with van der Waals surface area (Å²) in [5.41, 5.74) is -4.39. The predicted molar refractivity (Wildman–Crippen MR) is 136 cm³/mol. The van der Waals surface area contributed by atoms with E-state index in [9.17, 15) is 47.4 Å². The maximum atomic E-state index is 13.8. The first-order valence-electron chi connectivity index (χ1n) is 11.8. The Morgan fingerprint density at radius 3 is 1.12 bits per heavy atom. The van der Waals surface area contributed by atoms with E-state index in [0.29, 0.717) is 12.1 Å². The van der Waals surface area contributed by atoms with Crippen molar-refractivity contribution < 1.29 is 26.3 Å². The summed E-state index contributed by atoms with van der Waals surface area (Å²) in [5.74, 6) is 0. The summed E-state index contributed by atoms with van der Waals surface area (Å²) < 4.78 is 84.0. The molecule has 0 amide bonds. The van der Waals surface area contributed by atoms with Crippen molar-refractivity contribution in [2.24, 2.45) is 0 Å². The molecule has 6 rings (SSSR count). The maximum absolute atomic E-state index is 13.8. The molecule has 3 heterocycles. The summed E-state index contributed by atoms with van der Waals surface area (Å²) in [6.07, 6.45) is -10.3. The second-order valence-corrected chi connectivity index (χ2v) is 9.10. The van der Waals surface area contributed by atoms with E-state index in [1.807, 2.05) is 0 Å². The largest absolute Gasteiger partial charge is 0.416 e. The lowest BCUT2D eigenvalue weighted by molar-refractivity contribution is -0.143. The van der Waals surface area contributed by atoms with Crippen molar-refractivity contribution in [3.05, 3.63) is 76.4 Å². The molecule has 0 spiro atoms. The molecule has 0 atom stereocenters. The zero-order valence-electron chi connectivity index (χ0n) is 20.8. The predicted octanol–water partition coefficient (Wildman–Crippen LogP) is 6.19. The molecule has 0 aliphatic carbocycles. The smallest absolute Gasteiger partial charge is 0.309 e. The first kappa shape index (κ1) is 26.9. The van der Waals surface area contributed by atoms with Crippen LogP contribution in [0.15, 0.2) is 42.5 Å². The van der Waals surface area contributed by atoms with E-state index in [1.54, 1.807) is 24.3 Å². The monoisotopic (exact) mass is 583 g/mol.